The molecular formula is C13H17NO4. The monoisotopic (exact) mass is 251 g/mol. The first kappa shape index (κ1) is 12.7. The molecule has 0 aromatic heterocycles. The van der Waals surface area contributed by atoms with E-state index in [4.69, 9.17) is 14.6 Å². The maximum Gasteiger partial charge on any atom is 0.309 e. The Morgan fingerprint density at radius 3 is 3.22 bits per heavy atom. The van der Waals surface area contributed by atoms with Crippen LogP contribution in [0.4, 0.5) is 0 Å². The molecule has 0 radical (unpaired) electrons. The van der Waals surface area contributed by atoms with E-state index in [1.807, 2.05) is 18.2 Å². The lowest BCUT2D eigenvalue weighted by Gasteiger charge is -2.12. The van der Waals surface area contributed by atoms with Gasteiger partial charge in [0.25, 0.3) is 0 Å². The molecule has 0 fully saturated rings. The molecule has 0 aliphatic carbocycles. The number of benzene rings is 1. The van der Waals surface area contributed by atoms with Crippen molar-refractivity contribution in [2.75, 3.05) is 19.8 Å². The molecule has 18 heavy (non-hydrogen) atoms. The van der Waals surface area contributed by atoms with Crippen molar-refractivity contribution in [1.29, 1.82) is 0 Å². The Morgan fingerprint density at radius 2 is 2.44 bits per heavy atom. The van der Waals surface area contributed by atoms with Gasteiger partial charge in [-0.2, -0.15) is 0 Å². The number of carboxylic acids is 1. The van der Waals surface area contributed by atoms with Crippen LogP contribution >= 0.6 is 0 Å². The van der Waals surface area contributed by atoms with Crippen LogP contribution in [-0.2, 0) is 11.3 Å². The fourth-order valence-corrected chi connectivity index (χ4v) is 1.65. The summed E-state index contributed by atoms with van der Waals surface area (Å²) in [6.07, 6.45) is 0. The van der Waals surface area contributed by atoms with Crippen LogP contribution < -0.4 is 14.8 Å². The summed E-state index contributed by atoms with van der Waals surface area (Å²) in [6, 6.07) is 5.59. The van der Waals surface area contributed by atoms with Crippen molar-refractivity contribution in [3.05, 3.63) is 23.8 Å². The van der Waals surface area contributed by atoms with Gasteiger partial charge in [-0.15, -0.1) is 0 Å². The third kappa shape index (κ3) is 3.13. The van der Waals surface area contributed by atoms with E-state index in [2.05, 4.69) is 5.32 Å². The van der Waals surface area contributed by atoms with E-state index in [0.29, 0.717) is 12.4 Å². The second-order valence-electron chi connectivity index (χ2n) is 4.35. The zero-order chi connectivity index (χ0) is 13.0. The van der Waals surface area contributed by atoms with Crippen LogP contribution in [0.5, 0.6) is 11.5 Å². The van der Waals surface area contributed by atoms with E-state index in [0.717, 1.165) is 24.4 Å². The number of hydrogen-bond acceptors (Lipinski definition) is 4. The van der Waals surface area contributed by atoms with Gasteiger partial charge in [0.2, 0.25) is 0 Å². The van der Waals surface area contributed by atoms with Crippen LogP contribution in [0.2, 0.25) is 0 Å². The Morgan fingerprint density at radius 1 is 1.61 bits per heavy atom. The van der Waals surface area contributed by atoms with Crippen molar-refractivity contribution >= 4 is 5.97 Å². The summed E-state index contributed by atoms with van der Waals surface area (Å²) in [5, 5.41) is 12.0. The zero-order valence-electron chi connectivity index (χ0n) is 10.3. The molecule has 1 unspecified atom stereocenters. The quantitative estimate of drug-likeness (QED) is 0.843. The van der Waals surface area contributed by atoms with Gasteiger partial charge >= 0.3 is 5.97 Å². The minimum Gasteiger partial charge on any atom is -0.493 e. The van der Waals surface area contributed by atoms with Gasteiger partial charge < -0.3 is 19.9 Å². The number of ether oxygens (including phenoxy) is 2. The highest BCUT2D eigenvalue weighted by molar-refractivity contribution is 5.69. The van der Waals surface area contributed by atoms with Gasteiger partial charge in [-0.25, -0.2) is 0 Å². The molecule has 1 aliphatic rings. The lowest BCUT2D eigenvalue weighted by Crippen LogP contribution is -2.17. The van der Waals surface area contributed by atoms with Crippen molar-refractivity contribution in [2.24, 2.45) is 5.92 Å². The number of carboxylic acid groups (broad SMARTS) is 1. The average Bonchev–Trinajstić information content (AvgIpc) is 2.60. The van der Waals surface area contributed by atoms with Crippen molar-refractivity contribution in [1.82, 2.24) is 5.32 Å². The Bertz CT molecular complexity index is 433. The van der Waals surface area contributed by atoms with Crippen LogP contribution in [0.25, 0.3) is 0 Å². The maximum atomic E-state index is 10.7. The molecule has 1 atom stereocenters. The lowest BCUT2D eigenvalue weighted by molar-refractivity contribution is -0.142. The standard InChI is InChI=1S/C13H17NO4/c1-9(13(15)16)8-18-11-3-2-10-7-14-4-5-17-12(10)6-11/h2-3,6,9,14H,4-5,7-8H2,1H3,(H,15,16). The van der Waals surface area contributed by atoms with E-state index in [9.17, 15) is 4.79 Å². The van der Waals surface area contributed by atoms with Crippen molar-refractivity contribution in [2.45, 2.75) is 13.5 Å². The number of hydrogen-bond donors (Lipinski definition) is 2. The second kappa shape index (κ2) is 5.73. The third-order valence-corrected chi connectivity index (χ3v) is 2.81. The summed E-state index contributed by atoms with van der Waals surface area (Å²) in [5.41, 5.74) is 1.09. The maximum absolute atomic E-state index is 10.7. The average molecular weight is 251 g/mol. The van der Waals surface area contributed by atoms with Crippen LogP contribution in [-0.4, -0.2) is 30.8 Å². The molecule has 0 spiro atoms. The first-order chi connectivity index (χ1) is 8.66. The third-order valence-electron chi connectivity index (χ3n) is 2.81. The Hall–Kier alpha value is -1.75. The molecule has 1 heterocycles. The molecule has 2 rings (SSSR count). The normalized spacial score (nSPS) is 16.1. The highest BCUT2D eigenvalue weighted by atomic mass is 16.5. The minimum absolute atomic E-state index is 0.159. The highest BCUT2D eigenvalue weighted by Crippen LogP contribution is 2.26. The number of aliphatic carboxylic acids is 1. The fourth-order valence-electron chi connectivity index (χ4n) is 1.65. The van der Waals surface area contributed by atoms with Gasteiger partial charge in [-0.05, 0) is 13.0 Å². The van der Waals surface area contributed by atoms with Crippen molar-refractivity contribution in [3.63, 3.8) is 0 Å². The first-order valence-electron chi connectivity index (χ1n) is 5.99. The number of nitrogens with one attached hydrogen (secondary N) is 1. The predicted molar refractivity (Wildman–Crippen MR) is 65.9 cm³/mol. The molecule has 5 nitrogen and oxygen atoms in total. The van der Waals surface area contributed by atoms with E-state index in [1.54, 1.807) is 6.92 Å². The van der Waals surface area contributed by atoms with Crippen LogP contribution in [0.15, 0.2) is 18.2 Å². The molecule has 98 valence electrons. The van der Waals surface area contributed by atoms with Crippen LogP contribution in [0.1, 0.15) is 12.5 Å². The Labute approximate surface area is 106 Å². The summed E-state index contributed by atoms with van der Waals surface area (Å²) < 4.78 is 11.0. The van der Waals surface area contributed by atoms with Gasteiger partial charge in [0.05, 0.1) is 5.92 Å². The molecule has 0 bridgehead atoms. The summed E-state index contributed by atoms with van der Waals surface area (Å²) in [7, 11) is 0. The molecular weight excluding hydrogens is 234 g/mol. The van der Waals surface area contributed by atoms with E-state index in [-0.39, 0.29) is 6.61 Å². The van der Waals surface area contributed by atoms with E-state index < -0.39 is 11.9 Å². The minimum atomic E-state index is -0.856. The molecule has 2 N–H and O–H groups in total. The Kier molecular flexibility index (Phi) is 4.04. The first-order valence-corrected chi connectivity index (χ1v) is 5.99. The second-order valence-corrected chi connectivity index (χ2v) is 4.35. The smallest absolute Gasteiger partial charge is 0.309 e. The van der Waals surface area contributed by atoms with Gasteiger partial charge in [0.1, 0.15) is 24.7 Å². The molecule has 5 heteroatoms. The van der Waals surface area contributed by atoms with Gasteiger partial charge in [0.15, 0.2) is 0 Å². The van der Waals surface area contributed by atoms with E-state index >= 15 is 0 Å². The summed E-state index contributed by atoms with van der Waals surface area (Å²) in [4.78, 5) is 10.7. The number of rotatable bonds is 4. The molecule has 1 aromatic rings. The molecule has 1 aromatic carbocycles. The molecule has 1 aliphatic heterocycles. The van der Waals surface area contributed by atoms with Crippen molar-refractivity contribution in [3.8, 4) is 11.5 Å². The Balaban J connectivity index is 2.02. The predicted octanol–water partition coefficient (Wildman–Crippen LogP) is 1.27. The van der Waals surface area contributed by atoms with Gasteiger partial charge in [-0.1, -0.05) is 6.07 Å². The van der Waals surface area contributed by atoms with E-state index in [1.165, 1.54) is 0 Å². The topological polar surface area (TPSA) is 67.8 Å². The van der Waals surface area contributed by atoms with Crippen LogP contribution in [0, 0.1) is 5.92 Å². The summed E-state index contributed by atoms with van der Waals surface area (Å²) in [5.74, 6) is 0.0702. The van der Waals surface area contributed by atoms with Gasteiger partial charge in [-0.3, -0.25) is 4.79 Å². The molecule has 0 saturated carbocycles. The summed E-state index contributed by atoms with van der Waals surface area (Å²) >= 11 is 0. The highest BCUT2D eigenvalue weighted by Gasteiger charge is 2.13. The zero-order valence-corrected chi connectivity index (χ0v) is 10.3. The van der Waals surface area contributed by atoms with Crippen LogP contribution in [0.3, 0.4) is 0 Å². The molecule has 0 saturated heterocycles. The fraction of sp³-hybridized carbons (Fsp3) is 0.462. The lowest BCUT2D eigenvalue weighted by atomic mass is 10.2. The molecule has 0 amide bonds. The number of carbonyl (C=O) groups is 1. The van der Waals surface area contributed by atoms with Gasteiger partial charge in [0, 0.05) is 24.7 Å². The largest absolute Gasteiger partial charge is 0.493 e. The van der Waals surface area contributed by atoms with Crippen molar-refractivity contribution < 1.29 is 19.4 Å². The SMILES string of the molecule is CC(COc1ccc2c(c1)OCCNC2)C(=O)O. The summed E-state index contributed by atoms with van der Waals surface area (Å²) in [6.45, 7) is 4.00. The number of fused-ring (bicyclic) bond motifs is 1.